The van der Waals surface area contributed by atoms with Gasteiger partial charge in [-0.3, -0.25) is 4.79 Å². The molecule has 0 saturated heterocycles. The third-order valence-corrected chi connectivity index (χ3v) is 3.71. The molecule has 7 heteroatoms. The van der Waals surface area contributed by atoms with Crippen LogP contribution in [0.1, 0.15) is 16.7 Å². The summed E-state index contributed by atoms with van der Waals surface area (Å²) in [6, 6.07) is 8.52. The number of carbonyl (C=O) groups is 1. The first-order valence-electron chi connectivity index (χ1n) is 7.04. The van der Waals surface area contributed by atoms with Crippen LogP contribution in [0.4, 0.5) is 18.9 Å². The van der Waals surface area contributed by atoms with Gasteiger partial charge in [0.05, 0.1) is 11.3 Å². The van der Waals surface area contributed by atoms with Gasteiger partial charge in [-0.25, -0.2) is 0 Å². The maximum Gasteiger partial charge on any atom is 0.418 e. The molecular formula is C17H15ClF3NO2. The molecule has 0 atom stereocenters. The van der Waals surface area contributed by atoms with E-state index in [1.807, 2.05) is 19.9 Å². The van der Waals surface area contributed by atoms with Crippen molar-refractivity contribution < 1.29 is 22.7 Å². The van der Waals surface area contributed by atoms with E-state index in [9.17, 15) is 18.0 Å². The second-order valence-electron chi connectivity index (χ2n) is 5.22. The number of aryl methyl sites for hydroxylation is 1. The molecule has 0 radical (unpaired) electrons. The number of carbonyl (C=O) groups excluding carboxylic acids is 1. The standard InChI is InChI=1S/C17H15ClF3NO2/c1-10-4-3-5-15(11(10)2)24-9-16(23)22-14-7-6-12(18)8-13(14)17(19,20)21/h3-8H,9H2,1-2H3,(H,22,23). The van der Waals surface area contributed by atoms with E-state index in [0.29, 0.717) is 5.75 Å². The summed E-state index contributed by atoms with van der Waals surface area (Å²) in [5.74, 6) is -0.180. The molecule has 0 aliphatic heterocycles. The van der Waals surface area contributed by atoms with E-state index >= 15 is 0 Å². The first-order valence-corrected chi connectivity index (χ1v) is 7.42. The Kier molecular flexibility index (Phi) is 5.39. The molecule has 0 bridgehead atoms. The molecule has 0 aromatic heterocycles. The summed E-state index contributed by atoms with van der Waals surface area (Å²) >= 11 is 5.60. The lowest BCUT2D eigenvalue weighted by Crippen LogP contribution is -2.22. The summed E-state index contributed by atoms with van der Waals surface area (Å²) in [6.07, 6.45) is -4.62. The average molecular weight is 358 g/mol. The minimum absolute atomic E-state index is 0.0630. The molecule has 3 nitrogen and oxygen atoms in total. The molecule has 2 aromatic rings. The molecule has 2 aromatic carbocycles. The number of hydrogen-bond donors (Lipinski definition) is 1. The number of alkyl halides is 3. The van der Waals surface area contributed by atoms with Crippen molar-refractivity contribution in [3.8, 4) is 5.75 Å². The van der Waals surface area contributed by atoms with Crippen LogP contribution in [0.5, 0.6) is 5.75 Å². The van der Waals surface area contributed by atoms with Gasteiger partial charge < -0.3 is 10.1 Å². The Morgan fingerprint density at radius 1 is 1.21 bits per heavy atom. The summed E-state index contributed by atoms with van der Waals surface area (Å²) in [7, 11) is 0. The van der Waals surface area contributed by atoms with Crippen LogP contribution in [0, 0.1) is 13.8 Å². The van der Waals surface area contributed by atoms with Crippen LogP contribution in [-0.4, -0.2) is 12.5 Å². The highest BCUT2D eigenvalue weighted by atomic mass is 35.5. The molecular weight excluding hydrogens is 343 g/mol. The molecule has 0 fully saturated rings. The largest absolute Gasteiger partial charge is 0.483 e. The number of nitrogens with one attached hydrogen (secondary N) is 1. The van der Waals surface area contributed by atoms with Crippen LogP contribution in [0.3, 0.4) is 0 Å². The minimum atomic E-state index is -4.62. The lowest BCUT2D eigenvalue weighted by molar-refractivity contribution is -0.137. The number of amides is 1. The van der Waals surface area contributed by atoms with Gasteiger partial charge in [-0.2, -0.15) is 13.2 Å². The van der Waals surface area contributed by atoms with E-state index in [1.54, 1.807) is 12.1 Å². The number of hydrogen-bond acceptors (Lipinski definition) is 2. The summed E-state index contributed by atoms with van der Waals surface area (Å²) in [6.45, 7) is 3.33. The molecule has 24 heavy (non-hydrogen) atoms. The van der Waals surface area contributed by atoms with E-state index < -0.39 is 24.3 Å². The molecule has 0 unspecified atom stereocenters. The van der Waals surface area contributed by atoms with Crippen molar-refractivity contribution in [3.63, 3.8) is 0 Å². The normalized spacial score (nSPS) is 11.2. The van der Waals surface area contributed by atoms with Gasteiger partial charge in [0.25, 0.3) is 5.91 Å². The summed E-state index contributed by atoms with van der Waals surface area (Å²) in [4.78, 5) is 11.9. The Hall–Kier alpha value is -2.21. The van der Waals surface area contributed by atoms with Crippen molar-refractivity contribution in [1.82, 2.24) is 0 Å². The van der Waals surface area contributed by atoms with Crippen molar-refractivity contribution in [2.24, 2.45) is 0 Å². The zero-order valence-electron chi connectivity index (χ0n) is 13.0. The Balaban J connectivity index is 2.09. The first-order chi connectivity index (χ1) is 11.2. The van der Waals surface area contributed by atoms with Gasteiger partial charge in [0.1, 0.15) is 5.75 Å². The van der Waals surface area contributed by atoms with Gasteiger partial charge in [-0.1, -0.05) is 23.7 Å². The zero-order chi connectivity index (χ0) is 17.9. The van der Waals surface area contributed by atoms with Crippen molar-refractivity contribution in [1.29, 1.82) is 0 Å². The van der Waals surface area contributed by atoms with E-state index in [0.717, 1.165) is 23.3 Å². The fourth-order valence-electron chi connectivity index (χ4n) is 2.07. The quantitative estimate of drug-likeness (QED) is 0.836. The predicted octanol–water partition coefficient (Wildman–Crippen LogP) is 4.99. The fourth-order valence-corrected chi connectivity index (χ4v) is 2.24. The second kappa shape index (κ2) is 7.13. The number of ether oxygens (including phenoxy) is 1. The first kappa shape index (κ1) is 18.1. The molecule has 0 heterocycles. The van der Waals surface area contributed by atoms with Crippen LogP contribution < -0.4 is 10.1 Å². The third kappa shape index (κ3) is 4.41. The fraction of sp³-hybridized carbons (Fsp3) is 0.235. The van der Waals surface area contributed by atoms with Gasteiger partial charge in [-0.05, 0) is 49.2 Å². The van der Waals surface area contributed by atoms with Gasteiger partial charge >= 0.3 is 6.18 Å². The highest BCUT2D eigenvalue weighted by Crippen LogP contribution is 2.36. The number of rotatable bonds is 4. The van der Waals surface area contributed by atoms with Crippen LogP contribution in [0.2, 0.25) is 5.02 Å². The minimum Gasteiger partial charge on any atom is -0.483 e. The maximum absolute atomic E-state index is 13.0. The average Bonchev–Trinajstić information content (AvgIpc) is 2.49. The van der Waals surface area contributed by atoms with Crippen molar-refractivity contribution in [3.05, 3.63) is 58.1 Å². The number of benzene rings is 2. The second-order valence-corrected chi connectivity index (χ2v) is 5.66. The molecule has 0 spiro atoms. The molecule has 0 aliphatic rings. The molecule has 128 valence electrons. The van der Waals surface area contributed by atoms with Gasteiger partial charge in [0.2, 0.25) is 0 Å². The van der Waals surface area contributed by atoms with Crippen molar-refractivity contribution in [2.75, 3.05) is 11.9 Å². The molecule has 0 saturated carbocycles. The maximum atomic E-state index is 13.0. The Bertz CT molecular complexity index is 760. The lowest BCUT2D eigenvalue weighted by Gasteiger charge is -2.15. The van der Waals surface area contributed by atoms with Crippen molar-refractivity contribution >= 4 is 23.2 Å². The lowest BCUT2D eigenvalue weighted by atomic mass is 10.1. The van der Waals surface area contributed by atoms with E-state index in [-0.39, 0.29) is 10.7 Å². The van der Waals surface area contributed by atoms with E-state index in [2.05, 4.69) is 5.32 Å². The predicted molar refractivity (Wildman–Crippen MR) is 86.5 cm³/mol. The Morgan fingerprint density at radius 3 is 2.58 bits per heavy atom. The smallest absolute Gasteiger partial charge is 0.418 e. The SMILES string of the molecule is Cc1cccc(OCC(=O)Nc2ccc(Cl)cc2C(F)(F)F)c1C. The molecule has 2 rings (SSSR count). The molecule has 1 N–H and O–H groups in total. The Labute approximate surface area is 142 Å². The monoisotopic (exact) mass is 357 g/mol. The van der Waals surface area contributed by atoms with Gasteiger partial charge in [-0.15, -0.1) is 0 Å². The van der Waals surface area contributed by atoms with Crippen LogP contribution in [-0.2, 0) is 11.0 Å². The molecule has 1 amide bonds. The number of anilines is 1. The van der Waals surface area contributed by atoms with E-state index in [1.165, 1.54) is 6.07 Å². The molecule has 0 aliphatic carbocycles. The van der Waals surface area contributed by atoms with Crippen LogP contribution >= 0.6 is 11.6 Å². The highest BCUT2D eigenvalue weighted by molar-refractivity contribution is 6.30. The topological polar surface area (TPSA) is 38.3 Å². The summed E-state index contributed by atoms with van der Waals surface area (Å²) in [5, 5.41) is 2.14. The number of halogens is 4. The van der Waals surface area contributed by atoms with Gasteiger partial charge in [0, 0.05) is 5.02 Å². The van der Waals surface area contributed by atoms with E-state index in [4.69, 9.17) is 16.3 Å². The van der Waals surface area contributed by atoms with Crippen LogP contribution in [0.25, 0.3) is 0 Å². The van der Waals surface area contributed by atoms with Gasteiger partial charge in [0.15, 0.2) is 6.61 Å². The van der Waals surface area contributed by atoms with Crippen molar-refractivity contribution in [2.45, 2.75) is 20.0 Å². The van der Waals surface area contributed by atoms with Crippen LogP contribution in [0.15, 0.2) is 36.4 Å². The third-order valence-electron chi connectivity index (χ3n) is 3.47. The highest BCUT2D eigenvalue weighted by Gasteiger charge is 2.34. The Morgan fingerprint density at radius 2 is 1.92 bits per heavy atom. The summed E-state index contributed by atoms with van der Waals surface area (Å²) < 4.78 is 44.3. The zero-order valence-corrected chi connectivity index (χ0v) is 13.8. The summed E-state index contributed by atoms with van der Waals surface area (Å²) in [5.41, 5.74) is 0.495.